The lowest BCUT2D eigenvalue weighted by atomic mass is 9.83. The van der Waals surface area contributed by atoms with Gasteiger partial charge in [0.2, 0.25) is 0 Å². The van der Waals surface area contributed by atoms with E-state index in [-0.39, 0.29) is 12.4 Å². The molecule has 24 heavy (non-hydrogen) atoms. The van der Waals surface area contributed by atoms with Crippen molar-refractivity contribution >= 4 is 0 Å². The topological polar surface area (TPSA) is 63.1 Å². The number of aliphatic hydroxyl groups excluding tert-OH is 1. The molecular formula is C18H30N4O2. The number of aliphatic hydroxyl groups is 1. The van der Waals surface area contributed by atoms with Crippen molar-refractivity contribution in [3.05, 3.63) is 23.0 Å². The van der Waals surface area contributed by atoms with Crippen LogP contribution in [-0.2, 0) is 13.2 Å². The molecule has 134 valence electrons. The summed E-state index contributed by atoms with van der Waals surface area (Å²) in [4.78, 5) is 11.5. The van der Waals surface area contributed by atoms with Gasteiger partial charge >= 0.3 is 0 Å². The molecule has 0 aromatic carbocycles. The van der Waals surface area contributed by atoms with Crippen LogP contribution >= 0.6 is 0 Å². The Morgan fingerprint density at radius 3 is 2.54 bits per heavy atom. The molecule has 1 aromatic rings. The van der Waals surface area contributed by atoms with Crippen molar-refractivity contribution < 1.29 is 10.2 Å². The number of aromatic hydroxyl groups is 1. The first-order valence-electron chi connectivity index (χ1n) is 8.84. The molecule has 3 heterocycles. The Balaban J connectivity index is 1.69. The summed E-state index contributed by atoms with van der Waals surface area (Å²) in [6, 6.07) is 0. The second kappa shape index (κ2) is 6.96. The Hall–Kier alpha value is -1.21. The van der Waals surface area contributed by atoms with Gasteiger partial charge in [-0.05, 0) is 33.9 Å². The van der Waals surface area contributed by atoms with Gasteiger partial charge in [0.1, 0.15) is 5.75 Å². The van der Waals surface area contributed by atoms with Crippen molar-refractivity contribution in [2.75, 3.05) is 46.8 Å². The van der Waals surface area contributed by atoms with E-state index in [4.69, 9.17) is 0 Å². The van der Waals surface area contributed by atoms with E-state index in [9.17, 15) is 10.2 Å². The molecule has 1 spiro atoms. The van der Waals surface area contributed by atoms with Crippen LogP contribution in [0.25, 0.3) is 0 Å². The molecule has 6 nitrogen and oxygen atoms in total. The summed E-state index contributed by atoms with van der Waals surface area (Å²) in [7, 11) is 4.47. The van der Waals surface area contributed by atoms with Crippen molar-refractivity contribution in [3.8, 4) is 5.75 Å². The number of hydrogen-bond acceptors (Lipinski definition) is 6. The molecule has 0 radical (unpaired) electrons. The quantitative estimate of drug-likeness (QED) is 0.853. The Morgan fingerprint density at radius 2 is 1.88 bits per heavy atom. The Bertz CT molecular complexity index is 585. The Labute approximate surface area is 144 Å². The van der Waals surface area contributed by atoms with E-state index in [1.165, 1.54) is 0 Å². The van der Waals surface area contributed by atoms with E-state index >= 15 is 0 Å². The van der Waals surface area contributed by atoms with Gasteiger partial charge in [-0.1, -0.05) is 0 Å². The third-order valence-electron chi connectivity index (χ3n) is 5.96. The Kier molecular flexibility index (Phi) is 5.11. The minimum absolute atomic E-state index is 0.0819. The molecule has 6 heteroatoms. The zero-order valence-corrected chi connectivity index (χ0v) is 15.1. The monoisotopic (exact) mass is 334 g/mol. The van der Waals surface area contributed by atoms with E-state index in [1.54, 1.807) is 13.1 Å². The molecule has 1 aromatic heterocycles. The zero-order chi connectivity index (χ0) is 17.3. The van der Waals surface area contributed by atoms with Crippen LogP contribution in [0.3, 0.4) is 0 Å². The molecule has 0 unspecified atom stereocenters. The van der Waals surface area contributed by atoms with Crippen LogP contribution in [0.1, 0.15) is 29.7 Å². The lowest BCUT2D eigenvalue weighted by Gasteiger charge is -2.52. The van der Waals surface area contributed by atoms with Crippen molar-refractivity contribution in [2.45, 2.75) is 38.5 Å². The minimum atomic E-state index is -0.0819. The molecule has 0 bridgehead atoms. The molecule has 0 aliphatic carbocycles. The number of pyridine rings is 1. The minimum Gasteiger partial charge on any atom is -0.506 e. The van der Waals surface area contributed by atoms with Crippen molar-refractivity contribution in [3.63, 3.8) is 0 Å². The number of nitrogens with zero attached hydrogens (tertiary/aromatic N) is 4. The maximum atomic E-state index is 10.3. The number of hydrogen-bond donors (Lipinski definition) is 2. The van der Waals surface area contributed by atoms with Crippen molar-refractivity contribution in [1.82, 2.24) is 19.7 Å². The highest BCUT2D eigenvalue weighted by Gasteiger charge is 2.41. The summed E-state index contributed by atoms with van der Waals surface area (Å²) in [5.74, 6) is 0.233. The van der Waals surface area contributed by atoms with Crippen LogP contribution in [0.4, 0.5) is 0 Å². The molecule has 2 saturated heterocycles. The van der Waals surface area contributed by atoms with Gasteiger partial charge in [-0.15, -0.1) is 0 Å². The SMILES string of the molecule is Cc1ncc(CO)c(CN2CCC3(CC2)CN(C)CCN3C)c1O. The van der Waals surface area contributed by atoms with Crippen LogP contribution in [0.15, 0.2) is 6.20 Å². The average Bonchev–Trinajstić information content (AvgIpc) is 2.58. The largest absolute Gasteiger partial charge is 0.506 e. The predicted molar refractivity (Wildman–Crippen MR) is 93.9 cm³/mol. The molecule has 2 fully saturated rings. The van der Waals surface area contributed by atoms with Gasteiger partial charge in [-0.25, -0.2) is 0 Å². The van der Waals surface area contributed by atoms with E-state index in [0.717, 1.165) is 56.7 Å². The van der Waals surface area contributed by atoms with Crippen LogP contribution in [0.5, 0.6) is 5.75 Å². The molecule has 2 aliphatic heterocycles. The lowest BCUT2D eigenvalue weighted by molar-refractivity contribution is -0.0207. The van der Waals surface area contributed by atoms with E-state index in [2.05, 4.69) is 33.8 Å². The van der Waals surface area contributed by atoms with Crippen LogP contribution in [-0.4, -0.2) is 82.3 Å². The predicted octanol–water partition coefficient (Wildman–Crippen LogP) is 0.800. The number of likely N-dealkylation sites (N-methyl/N-ethyl adjacent to an activating group) is 2. The van der Waals surface area contributed by atoms with Crippen LogP contribution in [0, 0.1) is 6.92 Å². The van der Waals surface area contributed by atoms with Gasteiger partial charge < -0.3 is 15.1 Å². The highest BCUT2D eigenvalue weighted by Crippen LogP contribution is 2.33. The standard InChI is InChI=1S/C18H30N4O2/c1-14-17(24)16(15(12-23)10-19-14)11-22-6-4-18(5-7-22)13-20(2)8-9-21(18)3/h10,23-24H,4-9,11-13H2,1-3H3. The molecule has 0 saturated carbocycles. The smallest absolute Gasteiger partial charge is 0.141 e. The summed E-state index contributed by atoms with van der Waals surface area (Å²) in [5, 5.41) is 19.9. The second-order valence-corrected chi connectivity index (χ2v) is 7.51. The number of aromatic nitrogens is 1. The molecule has 3 rings (SSSR count). The maximum Gasteiger partial charge on any atom is 0.141 e. The number of likely N-dealkylation sites (tertiary alicyclic amines) is 1. The number of piperidine rings is 1. The zero-order valence-electron chi connectivity index (χ0n) is 15.1. The summed E-state index contributed by atoms with van der Waals surface area (Å²) in [6.07, 6.45) is 3.97. The van der Waals surface area contributed by atoms with Crippen LogP contribution in [0.2, 0.25) is 0 Å². The first kappa shape index (κ1) is 17.6. The van der Waals surface area contributed by atoms with Gasteiger partial charge in [0, 0.05) is 62.1 Å². The Morgan fingerprint density at radius 1 is 1.17 bits per heavy atom. The van der Waals surface area contributed by atoms with Crippen LogP contribution < -0.4 is 0 Å². The number of aryl methyl sites for hydroxylation is 1. The van der Waals surface area contributed by atoms with Gasteiger partial charge in [0.05, 0.1) is 12.3 Å². The molecule has 2 aliphatic rings. The first-order valence-corrected chi connectivity index (χ1v) is 8.84. The summed E-state index contributed by atoms with van der Waals surface area (Å²) < 4.78 is 0. The van der Waals surface area contributed by atoms with Gasteiger partial charge in [-0.2, -0.15) is 0 Å². The number of rotatable bonds is 3. The average molecular weight is 334 g/mol. The van der Waals surface area contributed by atoms with Gasteiger partial charge in [0.15, 0.2) is 0 Å². The molecule has 2 N–H and O–H groups in total. The third-order valence-corrected chi connectivity index (χ3v) is 5.96. The normalized spacial score (nSPS) is 23.0. The highest BCUT2D eigenvalue weighted by molar-refractivity contribution is 5.40. The fraction of sp³-hybridized carbons (Fsp3) is 0.722. The molecule has 0 atom stereocenters. The highest BCUT2D eigenvalue weighted by atomic mass is 16.3. The molecule has 0 amide bonds. The maximum absolute atomic E-state index is 10.3. The molecular weight excluding hydrogens is 304 g/mol. The summed E-state index contributed by atoms with van der Waals surface area (Å²) in [5.41, 5.74) is 2.48. The first-order chi connectivity index (χ1) is 11.4. The third kappa shape index (κ3) is 3.28. The summed E-state index contributed by atoms with van der Waals surface area (Å²) >= 11 is 0. The second-order valence-electron chi connectivity index (χ2n) is 7.51. The van der Waals surface area contributed by atoms with Crippen molar-refractivity contribution in [2.24, 2.45) is 0 Å². The fourth-order valence-corrected chi connectivity index (χ4v) is 4.15. The lowest BCUT2D eigenvalue weighted by Crippen LogP contribution is -2.63. The summed E-state index contributed by atoms with van der Waals surface area (Å²) in [6.45, 7) is 7.86. The fourth-order valence-electron chi connectivity index (χ4n) is 4.15. The van der Waals surface area contributed by atoms with Gasteiger partial charge in [0.25, 0.3) is 0 Å². The van der Waals surface area contributed by atoms with Crippen molar-refractivity contribution in [1.29, 1.82) is 0 Å². The number of piperazine rings is 1. The van der Waals surface area contributed by atoms with E-state index < -0.39 is 0 Å². The van der Waals surface area contributed by atoms with E-state index in [0.29, 0.717) is 17.8 Å². The van der Waals surface area contributed by atoms with Gasteiger partial charge in [-0.3, -0.25) is 14.8 Å². The van der Waals surface area contributed by atoms with E-state index in [1.807, 2.05) is 0 Å².